The van der Waals surface area contributed by atoms with E-state index in [2.05, 4.69) is 40.9 Å². The Morgan fingerprint density at radius 3 is 2.62 bits per heavy atom. The van der Waals surface area contributed by atoms with Crippen LogP contribution in [0.2, 0.25) is 0 Å². The topological polar surface area (TPSA) is 57.0 Å². The normalized spacial score (nSPS) is 22.6. The number of likely N-dealkylation sites (tertiary alicyclic amines) is 1. The second kappa shape index (κ2) is 6.96. The van der Waals surface area contributed by atoms with Crippen molar-refractivity contribution in [3.8, 4) is 0 Å². The van der Waals surface area contributed by atoms with Gasteiger partial charge in [-0.3, -0.25) is 14.1 Å². The Hall–Kier alpha value is -1.99. The average molecular weight is 356 g/mol. The number of amides is 1. The molecule has 7 nitrogen and oxygen atoms in total. The quantitative estimate of drug-likeness (QED) is 0.837. The number of likely N-dealkylation sites (N-methyl/N-ethyl adjacent to an activating group) is 1. The summed E-state index contributed by atoms with van der Waals surface area (Å²) in [4.78, 5) is 19.5. The van der Waals surface area contributed by atoms with Crippen LogP contribution in [0.3, 0.4) is 0 Å². The second-order valence-electron chi connectivity index (χ2n) is 7.81. The van der Waals surface area contributed by atoms with E-state index in [4.69, 9.17) is 0 Å². The zero-order valence-electron chi connectivity index (χ0n) is 15.9. The number of aromatic nitrogens is 3. The van der Waals surface area contributed by atoms with Gasteiger partial charge in [-0.1, -0.05) is 0 Å². The number of rotatable bonds is 3. The first-order valence-corrected chi connectivity index (χ1v) is 9.63. The van der Waals surface area contributed by atoms with Gasteiger partial charge in [-0.15, -0.1) is 10.2 Å². The van der Waals surface area contributed by atoms with E-state index >= 15 is 0 Å². The molecular formula is C19H28N6O. The van der Waals surface area contributed by atoms with E-state index in [-0.39, 0.29) is 11.9 Å². The van der Waals surface area contributed by atoms with E-state index in [1.165, 1.54) is 0 Å². The summed E-state index contributed by atoms with van der Waals surface area (Å²) in [6.45, 7) is 9.17. The lowest BCUT2D eigenvalue weighted by Gasteiger charge is -2.41. The predicted molar refractivity (Wildman–Crippen MR) is 100 cm³/mol. The molecule has 7 heteroatoms. The van der Waals surface area contributed by atoms with Gasteiger partial charge < -0.3 is 9.80 Å². The molecule has 4 heterocycles. The number of fused-ring (bicyclic) bond motifs is 1. The molecule has 0 aliphatic carbocycles. The summed E-state index contributed by atoms with van der Waals surface area (Å²) in [6, 6.07) is 4.41. The van der Waals surface area contributed by atoms with Gasteiger partial charge in [0.1, 0.15) is 0 Å². The molecule has 0 radical (unpaired) electrons. The van der Waals surface area contributed by atoms with Crippen molar-refractivity contribution in [1.82, 2.24) is 29.3 Å². The van der Waals surface area contributed by atoms with Gasteiger partial charge in [-0.25, -0.2) is 0 Å². The van der Waals surface area contributed by atoms with Gasteiger partial charge in [0.05, 0.1) is 11.6 Å². The minimum Gasteiger partial charge on any atom is -0.339 e. The van der Waals surface area contributed by atoms with Crippen molar-refractivity contribution in [2.75, 3.05) is 39.8 Å². The molecule has 2 aromatic heterocycles. The first-order valence-electron chi connectivity index (χ1n) is 9.63. The van der Waals surface area contributed by atoms with Crippen molar-refractivity contribution < 1.29 is 4.79 Å². The predicted octanol–water partition coefficient (Wildman–Crippen LogP) is 1.66. The zero-order valence-corrected chi connectivity index (χ0v) is 15.9. The van der Waals surface area contributed by atoms with E-state index in [1.807, 2.05) is 27.6 Å². The molecule has 0 N–H and O–H groups in total. The molecule has 140 valence electrons. The van der Waals surface area contributed by atoms with Crippen LogP contribution in [0, 0.1) is 0 Å². The number of pyridine rings is 1. The summed E-state index contributed by atoms with van der Waals surface area (Å²) in [5, 5.41) is 8.86. The minimum absolute atomic E-state index is 0.116. The van der Waals surface area contributed by atoms with Crippen LogP contribution in [0.5, 0.6) is 0 Å². The molecule has 2 aliphatic rings. The lowest BCUT2D eigenvalue weighted by atomic mass is 10.1. The van der Waals surface area contributed by atoms with Gasteiger partial charge in [0, 0.05) is 45.0 Å². The molecule has 2 aromatic rings. The second-order valence-corrected chi connectivity index (χ2v) is 7.81. The van der Waals surface area contributed by atoms with Crippen molar-refractivity contribution in [2.24, 2.45) is 0 Å². The fourth-order valence-electron chi connectivity index (χ4n) is 4.15. The van der Waals surface area contributed by atoms with E-state index in [9.17, 15) is 4.79 Å². The zero-order chi connectivity index (χ0) is 18.3. The lowest BCUT2D eigenvalue weighted by molar-refractivity contribution is 0.0586. The van der Waals surface area contributed by atoms with Crippen LogP contribution in [0.4, 0.5) is 0 Å². The summed E-state index contributed by atoms with van der Waals surface area (Å²) in [5.41, 5.74) is 1.52. The molecule has 0 saturated carbocycles. The smallest absolute Gasteiger partial charge is 0.255 e. The van der Waals surface area contributed by atoms with Crippen molar-refractivity contribution in [3.05, 3.63) is 29.7 Å². The highest BCUT2D eigenvalue weighted by Crippen LogP contribution is 2.26. The van der Waals surface area contributed by atoms with E-state index in [0.717, 1.165) is 62.6 Å². The molecule has 2 saturated heterocycles. The molecule has 2 fully saturated rings. The van der Waals surface area contributed by atoms with Crippen LogP contribution < -0.4 is 0 Å². The summed E-state index contributed by atoms with van der Waals surface area (Å²) >= 11 is 0. The highest BCUT2D eigenvalue weighted by atomic mass is 16.2. The molecule has 2 aliphatic heterocycles. The number of carbonyl (C=O) groups is 1. The van der Waals surface area contributed by atoms with Crippen molar-refractivity contribution in [2.45, 2.75) is 38.8 Å². The largest absolute Gasteiger partial charge is 0.339 e. The lowest BCUT2D eigenvalue weighted by Crippen LogP contribution is -2.50. The van der Waals surface area contributed by atoms with Crippen LogP contribution in [0.15, 0.2) is 18.3 Å². The van der Waals surface area contributed by atoms with Crippen LogP contribution in [0.1, 0.15) is 48.9 Å². The molecular weight excluding hydrogens is 328 g/mol. The molecule has 26 heavy (non-hydrogen) atoms. The third-order valence-corrected chi connectivity index (χ3v) is 5.66. The highest BCUT2D eigenvalue weighted by Gasteiger charge is 2.32. The SMILES string of the molecule is CC(C)N1CCN(C)CC1c1nnc2ccc(C(=O)N3CCCC3)cn12. The number of hydrogen-bond acceptors (Lipinski definition) is 5. The highest BCUT2D eigenvalue weighted by molar-refractivity contribution is 5.94. The van der Waals surface area contributed by atoms with E-state index < -0.39 is 0 Å². The molecule has 1 atom stereocenters. The van der Waals surface area contributed by atoms with Crippen LogP contribution >= 0.6 is 0 Å². The molecule has 0 bridgehead atoms. The molecule has 1 amide bonds. The monoisotopic (exact) mass is 356 g/mol. The standard InChI is InChI=1S/C19H28N6O/c1-14(2)24-11-10-22(3)13-16(24)18-21-20-17-7-6-15(12-25(17)18)19(26)23-8-4-5-9-23/h6-7,12,14,16H,4-5,8-11,13H2,1-3H3. The Labute approximate surface area is 154 Å². The Morgan fingerprint density at radius 2 is 1.88 bits per heavy atom. The number of carbonyl (C=O) groups excluding carboxylic acids is 1. The average Bonchev–Trinajstić information content (AvgIpc) is 3.30. The van der Waals surface area contributed by atoms with E-state index in [1.54, 1.807) is 0 Å². The maximum absolute atomic E-state index is 12.8. The summed E-state index contributed by atoms with van der Waals surface area (Å²) in [5.74, 6) is 1.04. The Balaban J connectivity index is 1.70. The van der Waals surface area contributed by atoms with Gasteiger partial charge in [0.2, 0.25) is 0 Å². The fourth-order valence-corrected chi connectivity index (χ4v) is 4.15. The number of hydrogen-bond donors (Lipinski definition) is 0. The third kappa shape index (κ3) is 3.10. The number of piperazine rings is 1. The van der Waals surface area contributed by atoms with Gasteiger partial charge in [0.15, 0.2) is 11.5 Å². The van der Waals surface area contributed by atoms with Crippen LogP contribution in [-0.2, 0) is 0 Å². The summed E-state index contributed by atoms with van der Waals surface area (Å²) < 4.78 is 2.02. The van der Waals surface area contributed by atoms with Crippen molar-refractivity contribution >= 4 is 11.6 Å². The summed E-state index contributed by atoms with van der Waals surface area (Å²) in [6.07, 6.45) is 4.13. The van der Waals surface area contributed by atoms with Crippen molar-refractivity contribution in [3.63, 3.8) is 0 Å². The molecule has 1 unspecified atom stereocenters. The Morgan fingerprint density at radius 1 is 1.12 bits per heavy atom. The van der Waals surface area contributed by atoms with Crippen LogP contribution in [-0.4, -0.2) is 81.0 Å². The maximum Gasteiger partial charge on any atom is 0.255 e. The van der Waals surface area contributed by atoms with Crippen molar-refractivity contribution in [1.29, 1.82) is 0 Å². The first-order chi connectivity index (χ1) is 12.5. The first kappa shape index (κ1) is 17.4. The molecule has 4 rings (SSSR count). The van der Waals surface area contributed by atoms with Gasteiger partial charge in [-0.05, 0) is 45.9 Å². The van der Waals surface area contributed by atoms with Crippen LogP contribution in [0.25, 0.3) is 5.65 Å². The maximum atomic E-state index is 12.8. The van der Waals surface area contributed by atoms with Gasteiger partial charge in [0.25, 0.3) is 5.91 Å². The van der Waals surface area contributed by atoms with E-state index in [0.29, 0.717) is 6.04 Å². The van der Waals surface area contributed by atoms with Gasteiger partial charge >= 0.3 is 0 Å². The summed E-state index contributed by atoms with van der Waals surface area (Å²) in [7, 11) is 2.15. The Bertz CT molecular complexity index is 794. The van der Waals surface area contributed by atoms with Gasteiger partial charge in [-0.2, -0.15) is 0 Å². The Kier molecular flexibility index (Phi) is 4.67. The number of nitrogens with zero attached hydrogens (tertiary/aromatic N) is 6. The fraction of sp³-hybridized carbons (Fsp3) is 0.632. The third-order valence-electron chi connectivity index (χ3n) is 5.66. The molecule has 0 aromatic carbocycles. The minimum atomic E-state index is 0.116. The molecule has 0 spiro atoms.